The average molecular weight is 563 g/mol. The van der Waals surface area contributed by atoms with E-state index in [1.165, 1.54) is 44.2 Å². The van der Waals surface area contributed by atoms with Crippen LogP contribution >= 0.6 is 27.7 Å². The topological polar surface area (TPSA) is 122 Å². The first-order valence-electron chi connectivity index (χ1n) is 10.4. The molecule has 10 nitrogen and oxygen atoms in total. The Balaban J connectivity index is 1.67. The molecule has 0 unspecified atom stereocenters. The number of thioether (sulfide) groups is 1. The quantitative estimate of drug-likeness (QED) is 0.289. The SMILES string of the molecule is CCn1c(COc2ccc(Br)cc2)nnc1SCC(=O)Nc1cc(C(=O)OC)ccc1C(=O)OC. The molecule has 184 valence electrons. The predicted octanol–water partition coefficient (Wildman–Crippen LogP) is 3.94. The van der Waals surface area contributed by atoms with Crippen LogP contribution in [0.3, 0.4) is 0 Å². The van der Waals surface area contributed by atoms with Gasteiger partial charge in [-0.2, -0.15) is 0 Å². The second kappa shape index (κ2) is 12.4. The normalized spacial score (nSPS) is 10.5. The fraction of sp³-hybridized carbons (Fsp3) is 0.261. The van der Waals surface area contributed by atoms with E-state index in [1.54, 1.807) is 0 Å². The zero-order valence-corrected chi connectivity index (χ0v) is 21.6. The second-order valence-corrected chi connectivity index (χ2v) is 8.82. The van der Waals surface area contributed by atoms with Gasteiger partial charge in [-0.15, -0.1) is 10.2 Å². The molecule has 0 spiro atoms. The van der Waals surface area contributed by atoms with Gasteiger partial charge in [0.25, 0.3) is 0 Å². The van der Waals surface area contributed by atoms with Crippen LogP contribution in [0.2, 0.25) is 0 Å². The molecule has 0 saturated carbocycles. The number of nitrogens with one attached hydrogen (secondary N) is 1. The van der Waals surface area contributed by atoms with Crippen LogP contribution in [0.5, 0.6) is 5.75 Å². The molecule has 35 heavy (non-hydrogen) atoms. The Bertz CT molecular complexity index is 1220. The number of ether oxygens (including phenoxy) is 3. The number of hydrogen-bond acceptors (Lipinski definition) is 9. The minimum atomic E-state index is -0.648. The molecule has 0 aliphatic heterocycles. The smallest absolute Gasteiger partial charge is 0.339 e. The number of esters is 2. The third-order valence-corrected chi connectivity index (χ3v) is 6.24. The molecule has 3 aromatic rings. The molecule has 1 aromatic heterocycles. The maximum absolute atomic E-state index is 12.7. The lowest BCUT2D eigenvalue weighted by Gasteiger charge is -2.12. The van der Waals surface area contributed by atoms with Crippen LogP contribution in [0.4, 0.5) is 5.69 Å². The van der Waals surface area contributed by atoms with Gasteiger partial charge in [-0.05, 0) is 49.4 Å². The zero-order chi connectivity index (χ0) is 25.4. The summed E-state index contributed by atoms with van der Waals surface area (Å²) in [6.07, 6.45) is 0. The van der Waals surface area contributed by atoms with E-state index >= 15 is 0 Å². The van der Waals surface area contributed by atoms with Crippen molar-refractivity contribution in [2.24, 2.45) is 0 Å². The van der Waals surface area contributed by atoms with Crippen molar-refractivity contribution in [1.82, 2.24) is 14.8 Å². The van der Waals surface area contributed by atoms with Crippen molar-refractivity contribution in [1.29, 1.82) is 0 Å². The van der Waals surface area contributed by atoms with Crippen molar-refractivity contribution in [2.45, 2.75) is 25.2 Å². The molecule has 0 atom stereocenters. The number of benzene rings is 2. The minimum absolute atomic E-state index is 0.00519. The van der Waals surface area contributed by atoms with Gasteiger partial charge in [0, 0.05) is 11.0 Å². The fourth-order valence-corrected chi connectivity index (χ4v) is 4.11. The maximum atomic E-state index is 12.7. The van der Waals surface area contributed by atoms with E-state index < -0.39 is 17.8 Å². The molecule has 0 aliphatic carbocycles. The molecule has 1 N–H and O–H groups in total. The summed E-state index contributed by atoms with van der Waals surface area (Å²) in [6, 6.07) is 11.6. The van der Waals surface area contributed by atoms with E-state index in [1.807, 2.05) is 35.8 Å². The van der Waals surface area contributed by atoms with Crippen molar-refractivity contribution >= 4 is 51.2 Å². The number of carbonyl (C=O) groups excluding carboxylic acids is 3. The molecular weight excluding hydrogens is 540 g/mol. The first kappa shape index (κ1) is 26.2. The molecule has 12 heteroatoms. The molecule has 0 aliphatic rings. The van der Waals surface area contributed by atoms with Crippen molar-refractivity contribution in [3.05, 3.63) is 63.9 Å². The van der Waals surface area contributed by atoms with Gasteiger partial charge in [-0.1, -0.05) is 27.7 Å². The van der Waals surface area contributed by atoms with Crippen LogP contribution in [0.25, 0.3) is 0 Å². The van der Waals surface area contributed by atoms with E-state index in [0.717, 1.165) is 4.47 Å². The van der Waals surface area contributed by atoms with E-state index in [2.05, 4.69) is 31.4 Å². The van der Waals surface area contributed by atoms with E-state index in [4.69, 9.17) is 14.2 Å². The van der Waals surface area contributed by atoms with Crippen LogP contribution in [0, 0.1) is 0 Å². The van der Waals surface area contributed by atoms with Crippen LogP contribution in [-0.2, 0) is 27.4 Å². The highest BCUT2D eigenvalue weighted by Gasteiger charge is 2.19. The Kier molecular flexibility index (Phi) is 9.26. The summed E-state index contributed by atoms with van der Waals surface area (Å²) in [6.45, 7) is 2.75. The first-order chi connectivity index (χ1) is 16.9. The minimum Gasteiger partial charge on any atom is -0.486 e. The molecule has 0 bridgehead atoms. The lowest BCUT2D eigenvalue weighted by atomic mass is 10.1. The van der Waals surface area contributed by atoms with E-state index in [9.17, 15) is 14.4 Å². The number of nitrogens with zero attached hydrogens (tertiary/aromatic N) is 3. The standard InChI is InChI=1S/C23H23BrN4O6S/c1-4-28-19(12-34-16-8-6-15(24)7-9-16)26-27-23(28)35-13-20(29)25-18-11-14(21(30)32-2)5-10-17(18)22(31)33-3/h5-11H,4,12-13H2,1-3H3,(H,25,29). The molecule has 1 amide bonds. The summed E-state index contributed by atoms with van der Waals surface area (Å²) < 4.78 is 18.1. The van der Waals surface area contributed by atoms with Gasteiger partial charge in [0.2, 0.25) is 5.91 Å². The van der Waals surface area contributed by atoms with Gasteiger partial charge >= 0.3 is 11.9 Å². The molecule has 1 heterocycles. The summed E-state index contributed by atoms with van der Waals surface area (Å²) in [7, 11) is 2.47. The molecule has 2 aromatic carbocycles. The number of halogens is 1. The Labute approximate surface area is 214 Å². The maximum Gasteiger partial charge on any atom is 0.339 e. The number of hydrogen-bond donors (Lipinski definition) is 1. The molecule has 0 fully saturated rings. The fourth-order valence-electron chi connectivity index (χ4n) is 3.03. The predicted molar refractivity (Wildman–Crippen MR) is 133 cm³/mol. The highest BCUT2D eigenvalue weighted by molar-refractivity contribution is 9.10. The van der Waals surface area contributed by atoms with Crippen LogP contribution in [0.1, 0.15) is 33.5 Å². The van der Waals surface area contributed by atoms with Gasteiger partial charge in [-0.25, -0.2) is 9.59 Å². The Morgan fingerprint density at radius 2 is 1.74 bits per heavy atom. The summed E-state index contributed by atoms with van der Waals surface area (Å²) >= 11 is 4.57. The zero-order valence-electron chi connectivity index (χ0n) is 19.2. The van der Waals surface area contributed by atoms with Crippen molar-refractivity contribution in [3.63, 3.8) is 0 Å². The Hall–Kier alpha value is -3.38. The Morgan fingerprint density at radius 3 is 2.40 bits per heavy atom. The lowest BCUT2D eigenvalue weighted by molar-refractivity contribution is -0.113. The molecular formula is C23H23BrN4O6S. The van der Waals surface area contributed by atoms with Crippen LogP contribution < -0.4 is 10.1 Å². The summed E-state index contributed by atoms with van der Waals surface area (Å²) in [4.78, 5) is 36.6. The number of rotatable bonds is 10. The summed E-state index contributed by atoms with van der Waals surface area (Å²) in [5, 5.41) is 11.6. The van der Waals surface area contributed by atoms with Crippen LogP contribution in [0.15, 0.2) is 52.1 Å². The highest BCUT2D eigenvalue weighted by Crippen LogP contribution is 2.23. The van der Waals surface area contributed by atoms with E-state index in [-0.39, 0.29) is 29.2 Å². The number of amides is 1. The monoisotopic (exact) mass is 562 g/mol. The van der Waals surface area contributed by atoms with Gasteiger partial charge in [0.05, 0.1) is 36.8 Å². The van der Waals surface area contributed by atoms with Crippen molar-refractivity contribution in [3.8, 4) is 5.75 Å². The molecule has 0 radical (unpaired) electrons. The third kappa shape index (κ3) is 6.83. The Morgan fingerprint density at radius 1 is 1.03 bits per heavy atom. The number of aromatic nitrogens is 3. The third-order valence-electron chi connectivity index (χ3n) is 4.74. The van der Waals surface area contributed by atoms with Gasteiger partial charge in [0.15, 0.2) is 11.0 Å². The molecule has 0 saturated heterocycles. The summed E-state index contributed by atoms with van der Waals surface area (Å²) in [5.74, 6) is -0.333. The average Bonchev–Trinajstić information content (AvgIpc) is 3.27. The van der Waals surface area contributed by atoms with Crippen LogP contribution in [-0.4, -0.2) is 52.6 Å². The summed E-state index contributed by atoms with van der Waals surface area (Å²) in [5.41, 5.74) is 0.442. The number of carbonyl (C=O) groups is 3. The largest absolute Gasteiger partial charge is 0.486 e. The number of methoxy groups -OCH3 is 2. The van der Waals surface area contributed by atoms with Crippen molar-refractivity contribution < 1.29 is 28.6 Å². The van der Waals surface area contributed by atoms with Gasteiger partial charge in [0.1, 0.15) is 12.4 Å². The first-order valence-corrected chi connectivity index (χ1v) is 12.2. The second-order valence-electron chi connectivity index (χ2n) is 6.97. The van der Waals surface area contributed by atoms with Gasteiger partial charge < -0.3 is 24.1 Å². The number of anilines is 1. The molecule has 3 rings (SSSR count). The van der Waals surface area contributed by atoms with Gasteiger partial charge in [-0.3, -0.25) is 4.79 Å². The highest BCUT2D eigenvalue weighted by atomic mass is 79.9. The lowest BCUT2D eigenvalue weighted by Crippen LogP contribution is -2.18. The van der Waals surface area contributed by atoms with E-state index in [0.29, 0.717) is 23.3 Å². The van der Waals surface area contributed by atoms with Crippen molar-refractivity contribution in [2.75, 3.05) is 25.3 Å².